The summed E-state index contributed by atoms with van der Waals surface area (Å²) in [6.07, 6.45) is 2.95. The van der Waals surface area contributed by atoms with Crippen molar-refractivity contribution >= 4 is 11.7 Å². The summed E-state index contributed by atoms with van der Waals surface area (Å²) in [7, 11) is 0. The van der Waals surface area contributed by atoms with E-state index < -0.39 is 0 Å². The lowest BCUT2D eigenvalue weighted by molar-refractivity contribution is -0.145. The number of esters is 1. The average molecular weight is 278 g/mol. The van der Waals surface area contributed by atoms with Gasteiger partial charge in [-0.3, -0.25) is 9.69 Å². The number of carbonyl (C=O) groups excluding carboxylic acids is 1. The molecule has 0 bridgehead atoms. The SMILES string of the molecule is CCCCOC(=O)CN(CCC)Cc1ccccc1N. The van der Waals surface area contributed by atoms with Crippen molar-refractivity contribution in [1.29, 1.82) is 0 Å². The van der Waals surface area contributed by atoms with Crippen molar-refractivity contribution in [3.63, 3.8) is 0 Å². The van der Waals surface area contributed by atoms with E-state index in [2.05, 4.69) is 18.7 Å². The number of benzene rings is 1. The number of rotatable bonds is 9. The van der Waals surface area contributed by atoms with Gasteiger partial charge in [-0.05, 0) is 31.0 Å². The summed E-state index contributed by atoms with van der Waals surface area (Å²) in [5, 5.41) is 0. The summed E-state index contributed by atoms with van der Waals surface area (Å²) < 4.78 is 5.22. The first-order chi connectivity index (χ1) is 9.67. The van der Waals surface area contributed by atoms with Crippen molar-refractivity contribution in [1.82, 2.24) is 4.90 Å². The lowest BCUT2D eigenvalue weighted by atomic mass is 10.1. The fourth-order valence-corrected chi connectivity index (χ4v) is 2.01. The standard InChI is InChI=1S/C16H26N2O2/c1-3-5-11-20-16(19)13-18(10-4-2)12-14-8-6-7-9-15(14)17/h6-9H,3-5,10-13,17H2,1-2H3. The van der Waals surface area contributed by atoms with Crippen LogP contribution in [0, 0.1) is 0 Å². The third kappa shape index (κ3) is 6.06. The predicted octanol–water partition coefficient (Wildman–Crippen LogP) is 2.82. The Morgan fingerprint density at radius 3 is 2.65 bits per heavy atom. The summed E-state index contributed by atoms with van der Waals surface area (Å²) >= 11 is 0. The molecule has 0 aliphatic carbocycles. The Kier molecular flexibility index (Phi) is 7.73. The van der Waals surface area contributed by atoms with Gasteiger partial charge in [0.2, 0.25) is 0 Å². The molecule has 0 amide bonds. The van der Waals surface area contributed by atoms with Crippen LogP contribution in [0.1, 0.15) is 38.7 Å². The number of ether oxygens (including phenoxy) is 1. The minimum Gasteiger partial charge on any atom is -0.465 e. The van der Waals surface area contributed by atoms with Crippen LogP contribution in [-0.2, 0) is 16.1 Å². The zero-order valence-corrected chi connectivity index (χ0v) is 12.6. The first-order valence-electron chi connectivity index (χ1n) is 7.38. The molecule has 0 unspecified atom stereocenters. The van der Waals surface area contributed by atoms with E-state index in [9.17, 15) is 4.79 Å². The van der Waals surface area contributed by atoms with Crippen LogP contribution in [0.25, 0.3) is 0 Å². The maximum atomic E-state index is 11.8. The van der Waals surface area contributed by atoms with Crippen molar-refractivity contribution in [3.05, 3.63) is 29.8 Å². The molecule has 0 saturated carbocycles. The minimum absolute atomic E-state index is 0.151. The summed E-state index contributed by atoms with van der Waals surface area (Å²) in [4.78, 5) is 13.9. The van der Waals surface area contributed by atoms with Gasteiger partial charge in [-0.1, -0.05) is 38.5 Å². The van der Waals surface area contributed by atoms with Gasteiger partial charge in [0.25, 0.3) is 0 Å². The van der Waals surface area contributed by atoms with Crippen LogP contribution in [-0.4, -0.2) is 30.6 Å². The lowest BCUT2D eigenvalue weighted by Gasteiger charge is -2.21. The van der Waals surface area contributed by atoms with E-state index in [0.29, 0.717) is 19.7 Å². The van der Waals surface area contributed by atoms with E-state index in [0.717, 1.165) is 37.1 Å². The molecule has 1 rings (SSSR count). The molecule has 20 heavy (non-hydrogen) atoms. The highest BCUT2D eigenvalue weighted by Gasteiger charge is 2.12. The molecule has 4 nitrogen and oxygen atoms in total. The maximum absolute atomic E-state index is 11.8. The molecule has 1 aromatic carbocycles. The molecule has 0 saturated heterocycles. The highest BCUT2D eigenvalue weighted by atomic mass is 16.5. The Morgan fingerprint density at radius 1 is 1.25 bits per heavy atom. The fraction of sp³-hybridized carbons (Fsp3) is 0.562. The maximum Gasteiger partial charge on any atom is 0.320 e. The van der Waals surface area contributed by atoms with Crippen LogP contribution in [0.15, 0.2) is 24.3 Å². The van der Waals surface area contributed by atoms with Gasteiger partial charge < -0.3 is 10.5 Å². The minimum atomic E-state index is -0.151. The topological polar surface area (TPSA) is 55.6 Å². The second-order valence-corrected chi connectivity index (χ2v) is 4.98. The van der Waals surface area contributed by atoms with Gasteiger partial charge in [0.05, 0.1) is 13.2 Å². The Labute approximate surface area is 121 Å². The van der Waals surface area contributed by atoms with E-state index in [1.165, 1.54) is 0 Å². The summed E-state index contributed by atoms with van der Waals surface area (Å²) in [6.45, 7) is 6.56. The van der Waals surface area contributed by atoms with Crippen LogP contribution in [0.5, 0.6) is 0 Å². The molecule has 112 valence electrons. The number of anilines is 1. The number of carbonyl (C=O) groups is 1. The Balaban J connectivity index is 2.52. The van der Waals surface area contributed by atoms with Gasteiger partial charge in [0.15, 0.2) is 0 Å². The third-order valence-electron chi connectivity index (χ3n) is 3.10. The van der Waals surface area contributed by atoms with Crippen molar-refractivity contribution < 1.29 is 9.53 Å². The Bertz CT molecular complexity index is 407. The van der Waals surface area contributed by atoms with Gasteiger partial charge in [-0.2, -0.15) is 0 Å². The summed E-state index contributed by atoms with van der Waals surface area (Å²) in [6, 6.07) is 7.77. The highest BCUT2D eigenvalue weighted by Crippen LogP contribution is 2.13. The monoisotopic (exact) mass is 278 g/mol. The van der Waals surface area contributed by atoms with Crippen molar-refractivity contribution in [2.45, 2.75) is 39.7 Å². The number of hydrogen-bond donors (Lipinski definition) is 1. The normalized spacial score (nSPS) is 10.8. The quantitative estimate of drug-likeness (QED) is 0.429. The average Bonchev–Trinajstić information content (AvgIpc) is 2.42. The van der Waals surface area contributed by atoms with Crippen molar-refractivity contribution in [2.75, 3.05) is 25.4 Å². The second kappa shape index (κ2) is 9.37. The number of nitrogens with zero attached hydrogens (tertiary/aromatic N) is 1. The Hall–Kier alpha value is -1.55. The van der Waals surface area contributed by atoms with Gasteiger partial charge in [0, 0.05) is 12.2 Å². The molecule has 0 heterocycles. The smallest absolute Gasteiger partial charge is 0.320 e. The fourth-order valence-electron chi connectivity index (χ4n) is 2.01. The predicted molar refractivity (Wildman–Crippen MR) is 82.3 cm³/mol. The molecule has 2 N–H and O–H groups in total. The van der Waals surface area contributed by atoms with E-state index in [1.54, 1.807) is 0 Å². The number of para-hydroxylation sites is 1. The summed E-state index contributed by atoms with van der Waals surface area (Å²) in [5.41, 5.74) is 7.78. The molecule has 0 aliphatic rings. The second-order valence-electron chi connectivity index (χ2n) is 4.98. The Morgan fingerprint density at radius 2 is 2.00 bits per heavy atom. The zero-order valence-electron chi connectivity index (χ0n) is 12.6. The number of hydrogen-bond acceptors (Lipinski definition) is 4. The molecule has 1 aromatic rings. The molecular weight excluding hydrogens is 252 g/mol. The number of nitrogen functional groups attached to an aromatic ring is 1. The number of nitrogens with two attached hydrogens (primary N) is 1. The molecule has 4 heteroatoms. The first kappa shape index (κ1) is 16.5. The van der Waals surface area contributed by atoms with Crippen LogP contribution in [0.3, 0.4) is 0 Å². The van der Waals surface area contributed by atoms with E-state index in [-0.39, 0.29) is 5.97 Å². The highest BCUT2D eigenvalue weighted by molar-refractivity contribution is 5.71. The van der Waals surface area contributed by atoms with E-state index in [1.807, 2.05) is 24.3 Å². The van der Waals surface area contributed by atoms with E-state index >= 15 is 0 Å². The molecule has 0 atom stereocenters. The molecule has 0 aromatic heterocycles. The van der Waals surface area contributed by atoms with Crippen LogP contribution in [0.4, 0.5) is 5.69 Å². The van der Waals surface area contributed by atoms with Crippen LogP contribution in [0.2, 0.25) is 0 Å². The number of unbranched alkanes of at least 4 members (excludes halogenated alkanes) is 1. The van der Waals surface area contributed by atoms with Crippen LogP contribution >= 0.6 is 0 Å². The molecular formula is C16H26N2O2. The largest absolute Gasteiger partial charge is 0.465 e. The van der Waals surface area contributed by atoms with Crippen molar-refractivity contribution in [2.24, 2.45) is 0 Å². The zero-order chi connectivity index (χ0) is 14.8. The van der Waals surface area contributed by atoms with Gasteiger partial charge >= 0.3 is 5.97 Å². The van der Waals surface area contributed by atoms with Gasteiger partial charge in [-0.15, -0.1) is 0 Å². The van der Waals surface area contributed by atoms with Gasteiger partial charge in [-0.25, -0.2) is 0 Å². The van der Waals surface area contributed by atoms with Crippen molar-refractivity contribution in [3.8, 4) is 0 Å². The lowest BCUT2D eigenvalue weighted by Crippen LogP contribution is -2.31. The van der Waals surface area contributed by atoms with Crippen LogP contribution < -0.4 is 5.73 Å². The summed E-state index contributed by atoms with van der Waals surface area (Å²) in [5.74, 6) is -0.151. The molecule has 0 spiro atoms. The van der Waals surface area contributed by atoms with E-state index in [4.69, 9.17) is 10.5 Å². The molecule has 0 fully saturated rings. The third-order valence-corrected chi connectivity index (χ3v) is 3.10. The molecule has 0 radical (unpaired) electrons. The molecule has 0 aliphatic heterocycles. The first-order valence-corrected chi connectivity index (χ1v) is 7.38. The van der Waals surface area contributed by atoms with Gasteiger partial charge in [0.1, 0.15) is 0 Å².